The van der Waals surface area contributed by atoms with Crippen molar-refractivity contribution in [3.63, 3.8) is 0 Å². The Morgan fingerprint density at radius 1 is 1.40 bits per heavy atom. The molecule has 2 fully saturated rings. The number of nitrogens with zero attached hydrogens (tertiary/aromatic N) is 1. The topological polar surface area (TPSA) is 55.6 Å². The normalized spacial score (nSPS) is 26.3. The maximum absolute atomic E-state index is 12.2. The fourth-order valence-corrected chi connectivity index (χ4v) is 2.27. The fourth-order valence-electron chi connectivity index (χ4n) is 2.27. The van der Waals surface area contributed by atoms with E-state index in [0.29, 0.717) is 25.7 Å². The minimum Gasteiger partial charge on any atom is -0.381 e. The van der Waals surface area contributed by atoms with Gasteiger partial charge < -0.3 is 15.4 Å². The molecule has 1 unspecified atom stereocenters. The zero-order valence-electron chi connectivity index (χ0n) is 9.15. The van der Waals surface area contributed by atoms with Crippen LogP contribution in [0.2, 0.25) is 0 Å². The molecule has 0 bridgehead atoms. The molecule has 0 aromatic carbocycles. The summed E-state index contributed by atoms with van der Waals surface area (Å²) in [5.41, 5.74) is 5.56. The molecule has 4 heteroatoms. The smallest absolute Gasteiger partial charge is 0.228 e. The largest absolute Gasteiger partial charge is 0.381 e. The molecule has 15 heavy (non-hydrogen) atoms. The van der Waals surface area contributed by atoms with E-state index in [9.17, 15) is 4.79 Å². The summed E-state index contributed by atoms with van der Waals surface area (Å²) in [6, 6.07) is 0.460. The Morgan fingerprint density at radius 2 is 2.20 bits per heavy atom. The first-order valence-corrected chi connectivity index (χ1v) is 5.91. The number of hydrogen-bond acceptors (Lipinski definition) is 3. The predicted octanol–water partition coefficient (Wildman–Crippen LogP) is 0.363. The zero-order valence-corrected chi connectivity index (χ0v) is 9.15. The first-order chi connectivity index (χ1) is 7.33. The Hall–Kier alpha value is -0.610. The minimum atomic E-state index is 0.0946. The highest BCUT2D eigenvalue weighted by atomic mass is 16.5. The van der Waals surface area contributed by atoms with Gasteiger partial charge in [0.25, 0.3) is 0 Å². The second kappa shape index (κ2) is 4.94. The van der Waals surface area contributed by atoms with Crippen molar-refractivity contribution in [1.29, 1.82) is 0 Å². The lowest BCUT2D eigenvalue weighted by atomic mass is 9.90. The summed E-state index contributed by atoms with van der Waals surface area (Å²) in [4.78, 5) is 14.1. The van der Waals surface area contributed by atoms with Crippen molar-refractivity contribution >= 4 is 5.91 Å². The van der Waals surface area contributed by atoms with Crippen molar-refractivity contribution in [3.8, 4) is 0 Å². The van der Waals surface area contributed by atoms with Crippen LogP contribution in [0.5, 0.6) is 0 Å². The molecule has 2 aliphatic rings. The van der Waals surface area contributed by atoms with Gasteiger partial charge in [0.05, 0.1) is 12.5 Å². The van der Waals surface area contributed by atoms with Crippen LogP contribution in [0.15, 0.2) is 0 Å². The monoisotopic (exact) mass is 212 g/mol. The molecule has 0 aromatic rings. The first kappa shape index (κ1) is 10.9. The number of amides is 1. The molecule has 1 aliphatic heterocycles. The standard InChI is InChI=1S/C11H20N2O2/c12-5-6-13(10-2-1-3-10)11(14)9-4-7-15-8-9/h9-10H,1-8,12H2. The average molecular weight is 212 g/mol. The van der Waals surface area contributed by atoms with Gasteiger partial charge in [-0.25, -0.2) is 0 Å². The third kappa shape index (κ3) is 2.32. The van der Waals surface area contributed by atoms with Crippen molar-refractivity contribution in [2.45, 2.75) is 31.7 Å². The lowest BCUT2D eigenvalue weighted by molar-refractivity contribution is -0.139. The molecule has 0 aromatic heterocycles. The molecule has 4 nitrogen and oxygen atoms in total. The predicted molar refractivity (Wildman–Crippen MR) is 57.3 cm³/mol. The summed E-state index contributed by atoms with van der Waals surface area (Å²) >= 11 is 0. The summed E-state index contributed by atoms with van der Waals surface area (Å²) in [7, 11) is 0. The summed E-state index contributed by atoms with van der Waals surface area (Å²) in [5.74, 6) is 0.361. The molecular weight excluding hydrogens is 192 g/mol. The lowest BCUT2D eigenvalue weighted by Crippen LogP contribution is -2.49. The van der Waals surface area contributed by atoms with Gasteiger partial charge in [-0.15, -0.1) is 0 Å². The maximum Gasteiger partial charge on any atom is 0.228 e. The summed E-state index contributed by atoms with van der Waals surface area (Å²) in [5, 5.41) is 0. The van der Waals surface area contributed by atoms with E-state index < -0.39 is 0 Å². The highest BCUT2D eigenvalue weighted by Gasteiger charge is 2.33. The Morgan fingerprint density at radius 3 is 2.67 bits per heavy atom. The molecule has 0 radical (unpaired) electrons. The Balaban J connectivity index is 1.92. The quantitative estimate of drug-likeness (QED) is 0.732. The zero-order chi connectivity index (χ0) is 10.7. The van der Waals surface area contributed by atoms with Gasteiger partial charge in [-0.05, 0) is 25.7 Å². The number of hydrogen-bond donors (Lipinski definition) is 1. The summed E-state index contributed by atoms with van der Waals surface area (Å²) < 4.78 is 5.26. The van der Waals surface area contributed by atoms with Crippen LogP contribution in [-0.4, -0.2) is 43.2 Å². The Kier molecular flexibility index (Phi) is 3.59. The van der Waals surface area contributed by atoms with Crippen molar-refractivity contribution in [2.75, 3.05) is 26.3 Å². The van der Waals surface area contributed by atoms with Gasteiger partial charge in [0.2, 0.25) is 5.91 Å². The molecule has 86 valence electrons. The highest BCUT2D eigenvalue weighted by molar-refractivity contribution is 5.79. The molecule has 2 rings (SSSR count). The number of ether oxygens (including phenoxy) is 1. The van der Waals surface area contributed by atoms with Crippen LogP contribution < -0.4 is 5.73 Å². The van der Waals surface area contributed by atoms with Crippen molar-refractivity contribution < 1.29 is 9.53 Å². The SMILES string of the molecule is NCCN(C(=O)C1CCOC1)C1CCC1. The Bertz CT molecular complexity index is 223. The fraction of sp³-hybridized carbons (Fsp3) is 0.909. The van der Waals surface area contributed by atoms with Gasteiger partial charge in [0.1, 0.15) is 0 Å². The van der Waals surface area contributed by atoms with E-state index in [4.69, 9.17) is 10.5 Å². The van der Waals surface area contributed by atoms with Crippen molar-refractivity contribution in [3.05, 3.63) is 0 Å². The number of carbonyl (C=O) groups is 1. The summed E-state index contributed by atoms with van der Waals surface area (Å²) in [6.07, 6.45) is 4.44. The first-order valence-electron chi connectivity index (χ1n) is 5.91. The molecule has 1 saturated carbocycles. The van der Waals surface area contributed by atoms with Crippen LogP contribution in [0.3, 0.4) is 0 Å². The molecule has 1 aliphatic carbocycles. The van der Waals surface area contributed by atoms with Gasteiger partial charge in [-0.3, -0.25) is 4.79 Å². The van der Waals surface area contributed by atoms with E-state index in [2.05, 4.69) is 0 Å². The van der Waals surface area contributed by atoms with E-state index >= 15 is 0 Å². The number of nitrogens with two attached hydrogens (primary N) is 1. The van der Waals surface area contributed by atoms with E-state index in [1.54, 1.807) is 0 Å². The van der Waals surface area contributed by atoms with Crippen LogP contribution in [0.25, 0.3) is 0 Å². The lowest BCUT2D eigenvalue weighted by Gasteiger charge is -2.38. The third-order valence-electron chi connectivity index (χ3n) is 3.45. The van der Waals surface area contributed by atoms with Crippen LogP contribution in [0.1, 0.15) is 25.7 Å². The van der Waals surface area contributed by atoms with Gasteiger partial charge in [0.15, 0.2) is 0 Å². The van der Waals surface area contributed by atoms with Crippen LogP contribution in [-0.2, 0) is 9.53 Å². The number of carbonyl (C=O) groups excluding carboxylic acids is 1. The maximum atomic E-state index is 12.2. The van der Waals surface area contributed by atoms with Crippen molar-refractivity contribution in [1.82, 2.24) is 4.90 Å². The van der Waals surface area contributed by atoms with E-state index in [-0.39, 0.29) is 11.8 Å². The van der Waals surface area contributed by atoms with Crippen LogP contribution >= 0.6 is 0 Å². The highest BCUT2D eigenvalue weighted by Crippen LogP contribution is 2.27. The summed E-state index contributed by atoms with van der Waals surface area (Å²) in [6.45, 7) is 2.61. The van der Waals surface area contributed by atoms with Gasteiger partial charge in [-0.2, -0.15) is 0 Å². The second-order valence-corrected chi connectivity index (χ2v) is 4.47. The molecule has 1 heterocycles. The molecular formula is C11H20N2O2. The number of rotatable bonds is 4. The molecule has 0 spiro atoms. The van der Waals surface area contributed by atoms with Crippen LogP contribution in [0, 0.1) is 5.92 Å². The minimum absolute atomic E-state index is 0.0946. The van der Waals surface area contributed by atoms with E-state index in [1.807, 2.05) is 4.90 Å². The molecule has 1 amide bonds. The molecule has 1 saturated heterocycles. The molecule has 2 N–H and O–H groups in total. The Labute approximate surface area is 90.8 Å². The average Bonchev–Trinajstić information content (AvgIpc) is 2.66. The van der Waals surface area contributed by atoms with E-state index in [0.717, 1.165) is 25.9 Å². The second-order valence-electron chi connectivity index (χ2n) is 4.47. The van der Waals surface area contributed by atoms with Gasteiger partial charge in [0, 0.05) is 25.7 Å². The molecule has 1 atom stereocenters. The van der Waals surface area contributed by atoms with E-state index in [1.165, 1.54) is 6.42 Å². The van der Waals surface area contributed by atoms with Gasteiger partial charge in [-0.1, -0.05) is 0 Å². The van der Waals surface area contributed by atoms with Crippen LogP contribution in [0.4, 0.5) is 0 Å². The van der Waals surface area contributed by atoms with Crippen molar-refractivity contribution in [2.24, 2.45) is 11.7 Å². The van der Waals surface area contributed by atoms with Gasteiger partial charge >= 0.3 is 0 Å². The third-order valence-corrected chi connectivity index (χ3v) is 3.45.